The molecule has 1 aromatic carbocycles. The molecule has 6 nitrogen and oxygen atoms in total. The molecular weight excluding hydrogens is 346 g/mol. The number of para-hydroxylation sites is 1. The van der Waals surface area contributed by atoms with Crippen LogP contribution in [0.5, 0.6) is 0 Å². The van der Waals surface area contributed by atoms with E-state index < -0.39 is 0 Å². The standard InChI is InChI=1S/C16H12ClN5OS/c1-21-15(23)10-5-2-3-7-12(10)22-13(19-20-16(21)22)9-24-14-11(17)6-4-8-18-14/h2-8H,9H2,1H3. The van der Waals surface area contributed by atoms with E-state index in [-0.39, 0.29) is 5.56 Å². The van der Waals surface area contributed by atoms with Gasteiger partial charge in [-0.15, -0.1) is 10.2 Å². The van der Waals surface area contributed by atoms with Crippen molar-refractivity contribution in [2.75, 3.05) is 0 Å². The Balaban J connectivity index is 1.85. The summed E-state index contributed by atoms with van der Waals surface area (Å²) in [6, 6.07) is 11.1. The zero-order valence-corrected chi connectivity index (χ0v) is 14.3. The van der Waals surface area contributed by atoms with E-state index in [1.54, 1.807) is 25.4 Å². The molecule has 8 heteroatoms. The monoisotopic (exact) mass is 357 g/mol. The van der Waals surface area contributed by atoms with E-state index in [0.29, 0.717) is 21.9 Å². The molecule has 0 spiro atoms. The summed E-state index contributed by atoms with van der Waals surface area (Å²) in [6.07, 6.45) is 1.70. The van der Waals surface area contributed by atoms with Crippen molar-refractivity contribution < 1.29 is 0 Å². The van der Waals surface area contributed by atoms with Crippen molar-refractivity contribution >= 4 is 40.0 Å². The second-order valence-corrected chi connectivity index (χ2v) is 6.58. The molecule has 0 aliphatic rings. The summed E-state index contributed by atoms with van der Waals surface area (Å²) in [5, 5.41) is 10.4. The lowest BCUT2D eigenvalue weighted by atomic mass is 10.2. The first-order valence-corrected chi connectivity index (χ1v) is 8.58. The Morgan fingerprint density at radius 3 is 2.83 bits per heavy atom. The van der Waals surface area contributed by atoms with Crippen LogP contribution in [-0.2, 0) is 12.8 Å². The summed E-state index contributed by atoms with van der Waals surface area (Å²) in [7, 11) is 1.70. The summed E-state index contributed by atoms with van der Waals surface area (Å²) >= 11 is 7.64. The number of aromatic nitrogens is 5. The molecule has 0 aliphatic carbocycles. The molecule has 4 aromatic rings. The third-order valence-corrected chi connectivity index (χ3v) is 5.17. The molecule has 0 fully saturated rings. The number of thioether (sulfide) groups is 1. The van der Waals surface area contributed by atoms with Gasteiger partial charge in [0.25, 0.3) is 5.56 Å². The molecule has 3 heterocycles. The van der Waals surface area contributed by atoms with Crippen molar-refractivity contribution in [1.29, 1.82) is 0 Å². The molecule has 0 radical (unpaired) electrons. The molecule has 0 unspecified atom stereocenters. The number of benzene rings is 1. The Morgan fingerprint density at radius 1 is 1.17 bits per heavy atom. The van der Waals surface area contributed by atoms with Crippen molar-refractivity contribution in [1.82, 2.24) is 24.1 Å². The predicted molar refractivity (Wildman–Crippen MR) is 94.5 cm³/mol. The Labute approximate surface area is 146 Å². The minimum absolute atomic E-state index is 0.0857. The molecule has 0 amide bonds. The fourth-order valence-electron chi connectivity index (χ4n) is 2.60. The van der Waals surface area contributed by atoms with E-state index in [2.05, 4.69) is 15.2 Å². The number of hydrogen-bond donors (Lipinski definition) is 0. The van der Waals surface area contributed by atoms with Gasteiger partial charge in [-0.2, -0.15) is 0 Å². The van der Waals surface area contributed by atoms with Gasteiger partial charge in [0.2, 0.25) is 5.78 Å². The van der Waals surface area contributed by atoms with Crippen molar-refractivity contribution in [2.24, 2.45) is 7.05 Å². The molecule has 120 valence electrons. The van der Waals surface area contributed by atoms with Crippen LogP contribution in [-0.4, -0.2) is 24.1 Å². The van der Waals surface area contributed by atoms with Crippen LogP contribution in [0.1, 0.15) is 5.82 Å². The van der Waals surface area contributed by atoms with Crippen LogP contribution in [0.2, 0.25) is 5.02 Å². The van der Waals surface area contributed by atoms with E-state index >= 15 is 0 Å². The van der Waals surface area contributed by atoms with Crippen molar-refractivity contribution in [3.8, 4) is 0 Å². The quantitative estimate of drug-likeness (QED) is 0.527. The van der Waals surface area contributed by atoms with Crippen LogP contribution in [0.3, 0.4) is 0 Å². The van der Waals surface area contributed by atoms with Gasteiger partial charge in [-0.25, -0.2) is 4.98 Å². The van der Waals surface area contributed by atoms with Crippen LogP contribution < -0.4 is 5.56 Å². The number of rotatable bonds is 3. The Bertz CT molecular complexity index is 1120. The average molecular weight is 358 g/mol. The van der Waals surface area contributed by atoms with Gasteiger partial charge in [-0.3, -0.25) is 13.8 Å². The van der Waals surface area contributed by atoms with E-state index in [1.807, 2.05) is 28.7 Å². The summed E-state index contributed by atoms with van der Waals surface area (Å²) in [5.41, 5.74) is 0.709. The van der Waals surface area contributed by atoms with Gasteiger partial charge in [0.1, 0.15) is 10.9 Å². The van der Waals surface area contributed by atoms with Crippen molar-refractivity contribution in [2.45, 2.75) is 10.8 Å². The first kappa shape index (κ1) is 15.2. The Hall–Kier alpha value is -2.38. The lowest BCUT2D eigenvalue weighted by Gasteiger charge is -2.07. The molecule has 0 saturated heterocycles. The highest BCUT2D eigenvalue weighted by atomic mass is 35.5. The highest BCUT2D eigenvalue weighted by Gasteiger charge is 2.15. The molecule has 0 N–H and O–H groups in total. The molecule has 0 aliphatic heterocycles. The minimum atomic E-state index is -0.0857. The lowest BCUT2D eigenvalue weighted by Crippen LogP contribution is -2.20. The van der Waals surface area contributed by atoms with Crippen LogP contribution in [0.25, 0.3) is 16.7 Å². The topological polar surface area (TPSA) is 65.1 Å². The zero-order valence-electron chi connectivity index (χ0n) is 12.7. The summed E-state index contributed by atoms with van der Waals surface area (Å²) in [6.45, 7) is 0. The van der Waals surface area contributed by atoms with Crippen LogP contribution in [0, 0.1) is 0 Å². The fraction of sp³-hybridized carbons (Fsp3) is 0.125. The van der Waals surface area contributed by atoms with Gasteiger partial charge < -0.3 is 0 Å². The smallest absolute Gasteiger partial charge is 0.262 e. The first-order chi connectivity index (χ1) is 11.7. The van der Waals surface area contributed by atoms with Crippen LogP contribution in [0.4, 0.5) is 0 Å². The van der Waals surface area contributed by atoms with Gasteiger partial charge in [-0.05, 0) is 24.3 Å². The summed E-state index contributed by atoms with van der Waals surface area (Å²) in [5.74, 6) is 1.80. The fourth-order valence-corrected chi connectivity index (χ4v) is 3.68. The highest BCUT2D eigenvalue weighted by Crippen LogP contribution is 2.27. The van der Waals surface area contributed by atoms with Crippen LogP contribution >= 0.6 is 23.4 Å². The molecular formula is C16H12ClN5OS. The molecule has 4 rings (SSSR count). The van der Waals surface area contributed by atoms with Gasteiger partial charge in [0.15, 0.2) is 0 Å². The van der Waals surface area contributed by atoms with Gasteiger partial charge in [-0.1, -0.05) is 35.5 Å². The molecule has 3 aromatic heterocycles. The molecule has 0 bridgehead atoms. The first-order valence-electron chi connectivity index (χ1n) is 7.22. The SMILES string of the molecule is Cn1c(=O)c2ccccc2n2c(CSc3ncccc3Cl)nnc12. The van der Waals surface area contributed by atoms with Gasteiger partial charge in [0, 0.05) is 13.2 Å². The number of fused-ring (bicyclic) bond motifs is 3. The maximum Gasteiger partial charge on any atom is 0.262 e. The van der Waals surface area contributed by atoms with Crippen molar-refractivity contribution in [3.63, 3.8) is 0 Å². The second-order valence-electron chi connectivity index (χ2n) is 5.21. The lowest BCUT2D eigenvalue weighted by molar-refractivity contribution is 0.857. The molecule has 0 atom stereocenters. The van der Waals surface area contributed by atoms with E-state index in [1.165, 1.54) is 16.3 Å². The summed E-state index contributed by atoms with van der Waals surface area (Å²) < 4.78 is 3.41. The predicted octanol–water partition coefficient (Wildman–Crippen LogP) is 2.92. The second kappa shape index (κ2) is 5.92. The van der Waals surface area contributed by atoms with Crippen molar-refractivity contribution in [3.05, 3.63) is 63.8 Å². The highest BCUT2D eigenvalue weighted by molar-refractivity contribution is 7.98. The Morgan fingerprint density at radius 2 is 2.00 bits per heavy atom. The number of halogens is 1. The number of pyridine rings is 1. The van der Waals surface area contributed by atoms with E-state index in [9.17, 15) is 4.79 Å². The average Bonchev–Trinajstić information content (AvgIpc) is 3.03. The third-order valence-electron chi connectivity index (χ3n) is 3.76. The maximum atomic E-state index is 12.4. The number of aryl methyl sites for hydroxylation is 1. The number of hydrogen-bond acceptors (Lipinski definition) is 5. The van der Waals surface area contributed by atoms with E-state index in [0.717, 1.165) is 16.4 Å². The molecule has 0 saturated carbocycles. The van der Waals surface area contributed by atoms with Gasteiger partial charge >= 0.3 is 0 Å². The van der Waals surface area contributed by atoms with Crippen LogP contribution in [0.15, 0.2) is 52.4 Å². The zero-order chi connectivity index (χ0) is 16.7. The van der Waals surface area contributed by atoms with E-state index in [4.69, 9.17) is 11.6 Å². The third kappa shape index (κ3) is 2.37. The van der Waals surface area contributed by atoms with Gasteiger partial charge in [0.05, 0.1) is 21.7 Å². The number of nitrogens with zero attached hydrogens (tertiary/aromatic N) is 5. The summed E-state index contributed by atoms with van der Waals surface area (Å²) in [4.78, 5) is 16.7. The normalized spacial score (nSPS) is 11.4. The molecule has 24 heavy (non-hydrogen) atoms. The maximum absolute atomic E-state index is 12.4. The minimum Gasteiger partial charge on any atom is -0.279 e. The Kier molecular flexibility index (Phi) is 3.74. The largest absolute Gasteiger partial charge is 0.279 e.